The molecule has 26 heavy (non-hydrogen) atoms. The van der Waals surface area contributed by atoms with E-state index in [2.05, 4.69) is 16.7 Å². The average Bonchev–Trinajstić information content (AvgIpc) is 3.20. The predicted octanol–water partition coefficient (Wildman–Crippen LogP) is 2.70. The third-order valence-corrected chi connectivity index (χ3v) is 5.02. The Morgan fingerprint density at radius 2 is 2.19 bits per heavy atom. The first kappa shape index (κ1) is 20.5. The molecule has 1 aliphatic heterocycles. The average molecular weight is 382 g/mol. The molecule has 1 amide bonds. The van der Waals surface area contributed by atoms with Gasteiger partial charge in [0.05, 0.1) is 13.7 Å². The Hall–Kier alpha value is -1.84. The van der Waals surface area contributed by atoms with Gasteiger partial charge in [0, 0.05) is 19.0 Å². The van der Waals surface area contributed by atoms with Gasteiger partial charge < -0.3 is 9.57 Å². The standard InChI is InChI=1S/C17H26N4O4S/c1-16(2,3)25-15(23)21-9-7-8-17(21,18-4)14-19-12(11-26-14)13(22)10-20(5)24-6/h11H,4,7-10H2,1-3,5-6H3/t17-/m0/s1. The van der Waals surface area contributed by atoms with Gasteiger partial charge in [0.15, 0.2) is 11.4 Å². The summed E-state index contributed by atoms with van der Waals surface area (Å²) in [5.74, 6) is -0.169. The molecule has 2 rings (SSSR count). The van der Waals surface area contributed by atoms with Crippen LogP contribution in [-0.2, 0) is 15.2 Å². The van der Waals surface area contributed by atoms with Gasteiger partial charge in [-0.05, 0) is 40.3 Å². The molecule has 0 spiro atoms. The molecular formula is C17H26N4O4S. The first-order chi connectivity index (χ1) is 12.1. The number of carbonyl (C=O) groups excluding carboxylic acids is 2. The number of amides is 1. The van der Waals surface area contributed by atoms with E-state index in [-0.39, 0.29) is 12.3 Å². The van der Waals surface area contributed by atoms with Crippen molar-refractivity contribution in [2.75, 3.05) is 27.2 Å². The predicted molar refractivity (Wildman–Crippen MR) is 99.5 cm³/mol. The molecule has 0 unspecified atom stereocenters. The number of aliphatic imine (C=N–C) groups is 1. The highest BCUT2D eigenvalue weighted by atomic mass is 32.1. The number of ether oxygens (including phenoxy) is 1. The van der Waals surface area contributed by atoms with E-state index in [0.29, 0.717) is 23.7 Å². The second-order valence-corrected chi connectivity index (χ2v) is 8.00. The quantitative estimate of drug-likeness (QED) is 0.427. The van der Waals surface area contributed by atoms with Crippen molar-refractivity contribution in [2.45, 2.75) is 44.9 Å². The van der Waals surface area contributed by atoms with Crippen LogP contribution in [0.3, 0.4) is 0 Å². The number of likely N-dealkylation sites (tertiary alicyclic amines) is 1. The molecule has 0 bridgehead atoms. The Bertz CT molecular complexity index is 685. The van der Waals surface area contributed by atoms with Crippen LogP contribution < -0.4 is 0 Å². The molecule has 1 saturated heterocycles. The van der Waals surface area contributed by atoms with Crippen LogP contribution in [0.2, 0.25) is 0 Å². The van der Waals surface area contributed by atoms with Crippen LogP contribution in [0.5, 0.6) is 0 Å². The summed E-state index contributed by atoms with van der Waals surface area (Å²) in [6.07, 6.45) is 0.896. The van der Waals surface area contributed by atoms with Crippen molar-refractivity contribution < 1.29 is 19.2 Å². The van der Waals surface area contributed by atoms with Gasteiger partial charge in [0.2, 0.25) is 0 Å². The van der Waals surface area contributed by atoms with Gasteiger partial charge in [-0.1, -0.05) is 0 Å². The lowest BCUT2D eigenvalue weighted by atomic mass is 10.1. The Balaban J connectivity index is 2.27. The number of ketones is 1. The van der Waals surface area contributed by atoms with Crippen molar-refractivity contribution in [1.29, 1.82) is 0 Å². The lowest BCUT2D eigenvalue weighted by molar-refractivity contribution is -0.100. The van der Waals surface area contributed by atoms with Crippen LogP contribution in [0.25, 0.3) is 0 Å². The second-order valence-electron chi connectivity index (χ2n) is 7.14. The van der Waals surface area contributed by atoms with Gasteiger partial charge in [-0.15, -0.1) is 11.3 Å². The summed E-state index contributed by atoms with van der Waals surface area (Å²) in [7, 11) is 3.16. The fourth-order valence-electron chi connectivity index (χ4n) is 2.75. The summed E-state index contributed by atoms with van der Waals surface area (Å²) in [4.78, 5) is 40.2. The smallest absolute Gasteiger partial charge is 0.412 e. The zero-order valence-corrected chi connectivity index (χ0v) is 16.8. The molecule has 144 valence electrons. The summed E-state index contributed by atoms with van der Waals surface area (Å²) < 4.78 is 5.51. The zero-order chi connectivity index (χ0) is 19.5. The number of thiazole rings is 1. The van der Waals surface area contributed by atoms with Crippen molar-refractivity contribution in [1.82, 2.24) is 14.9 Å². The highest BCUT2D eigenvalue weighted by Gasteiger charge is 2.48. The molecule has 0 aliphatic carbocycles. The number of nitrogens with zero attached hydrogens (tertiary/aromatic N) is 4. The lowest BCUT2D eigenvalue weighted by Crippen LogP contribution is -2.46. The maximum absolute atomic E-state index is 12.6. The maximum atomic E-state index is 12.6. The van der Waals surface area contributed by atoms with E-state index in [1.807, 2.05) is 20.8 Å². The molecule has 1 aromatic rings. The van der Waals surface area contributed by atoms with Gasteiger partial charge in [-0.3, -0.25) is 14.7 Å². The summed E-state index contributed by atoms with van der Waals surface area (Å²) in [5, 5.41) is 3.67. The Labute approximate surface area is 157 Å². The monoisotopic (exact) mass is 382 g/mol. The lowest BCUT2D eigenvalue weighted by Gasteiger charge is -2.34. The number of rotatable bonds is 6. The number of hydroxylamine groups is 2. The van der Waals surface area contributed by atoms with Gasteiger partial charge in [-0.2, -0.15) is 5.06 Å². The number of Topliss-reactive ketones (excluding diaryl/α,β-unsaturated/α-hetero) is 1. The fraction of sp³-hybridized carbons (Fsp3) is 0.647. The minimum absolute atomic E-state index is 0.0873. The molecule has 0 aromatic carbocycles. The van der Waals surface area contributed by atoms with Crippen molar-refractivity contribution in [3.8, 4) is 0 Å². The van der Waals surface area contributed by atoms with Gasteiger partial charge in [0.1, 0.15) is 16.3 Å². The molecule has 0 saturated carbocycles. The molecule has 1 atom stereocenters. The van der Waals surface area contributed by atoms with E-state index >= 15 is 0 Å². The number of likely N-dealkylation sites (N-methyl/N-ethyl adjacent to an activating group) is 1. The van der Waals surface area contributed by atoms with Crippen LogP contribution in [-0.4, -0.2) is 66.4 Å². The number of hydrogen-bond acceptors (Lipinski definition) is 8. The molecular weight excluding hydrogens is 356 g/mol. The minimum atomic E-state index is -0.987. The van der Waals surface area contributed by atoms with Crippen molar-refractivity contribution in [2.24, 2.45) is 4.99 Å². The third-order valence-electron chi connectivity index (χ3n) is 4.04. The van der Waals surface area contributed by atoms with E-state index in [4.69, 9.17) is 9.57 Å². The maximum Gasteiger partial charge on any atom is 0.412 e. The summed E-state index contributed by atoms with van der Waals surface area (Å²) in [6, 6.07) is 0. The van der Waals surface area contributed by atoms with E-state index in [9.17, 15) is 9.59 Å². The molecule has 0 radical (unpaired) electrons. The third kappa shape index (κ3) is 4.28. The van der Waals surface area contributed by atoms with Crippen molar-refractivity contribution >= 4 is 29.9 Å². The van der Waals surface area contributed by atoms with Crippen molar-refractivity contribution in [3.63, 3.8) is 0 Å². The number of hydrogen-bond donors (Lipinski definition) is 0. The topological polar surface area (TPSA) is 84.3 Å². The Morgan fingerprint density at radius 1 is 1.50 bits per heavy atom. The normalized spacial score (nSPS) is 20.5. The molecule has 0 N–H and O–H groups in total. The van der Waals surface area contributed by atoms with Crippen LogP contribution >= 0.6 is 11.3 Å². The Morgan fingerprint density at radius 3 is 2.77 bits per heavy atom. The van der Waals surface area contributed by atoms with Crippen LogP contribution in [0, 0.1) is 0 Å². The molecule has 2 heterocycles. The second kappa shape index (κ2) is 7.81. The molecule has 1 aromatic heterocycles. The first-order valence-electron chi connectivity index (χ1n) is 8.36. The van der Waals surface area contributed by atoms with Crippen LogP contribution in [0.4, 0.5) is 4.79 Å². The number of aromatic nitrogens is 1. The van der Waals surface area contributed by atoms with E-state index in [1.165, 1.54) is 23.5 Å². The molecule has 9 heteroatoms. The fourth-order valence-corrected chi connectivity index (χ4v) is 3.77. The zero-order valence-electron chi connectivity index (χ0n) is 15.9. The SMILES string of the molecule is C=N[C@@]1(c2nc(C(=O)CN(C)OC)cs2)CCCN1C(=O)OC(C)(C)C. The Kier molecular flexibility index (Phi) is 6.15. The summed E-state index contributed by atoms with van der Waals surface area (Å²) in [6.45, 7) is 9.73. The highest BCUT2D eigenvalue weighted by Crippen LogP contribution is 2.42. The summed E-state index contributed by atoms with van der Waals surface area (Å²) in [5.41, 5.74) is -1.27. The number of carbonyl (C=O) groups is 2. The van der Waals surface area contributed by atoms with Crippen molar-refractivity contribution in [3.05, 3.63) is 16.1 Å². The van der Waals surface area contributed by atoms with Crippen LogP contribution in [0.1, 0.15) is 49.1 Å². The first-order valence-corrected chi connectivity index (χ1v) is 9.24. The minimum Gasteiger partial charge on any atom is -0.444 e. The van der Waals surface area contributed by atoms with E-state index in [1.54, 1.807) is 17.3 Å². The molecule has 8 nitrogen and oxygen atoms in total. The van der Waals surface area contributed by atoms with Gasteiger partial charge in [-0.25, -0.2) is 9.78 Å². The summed E-state index contributed by atoms with van der Waals surface area (Å²) >= 11 is 1.30. The van der Waals surface area contributed by atoms with Gasteiger partial charge in [0.25, 0.3) is 0 Å². The largest absolute Gasteiger partial charge is 0.444 e. The van der Waals surface area contributed by atoms with Gasteiger partial charge >= 0.3 is 6.09 Å². The molecule has 1 aliphatic rings. The van der Waals surface area contributed by atoms with E-state index < -0.39 is 17.4 Å². The highest BCUT2D eigenvalue weighted by molar-refractivity contribution is 7.10. The van der Waals surface area contributed by atoms with E-state index in [0.717, 1.165) is 6.42 Å². The van der Waals surface area contributed by atoms with Crippen LogP contribution in [0.15, 0.2) is 10.4 Å². The molecule has 1 fully saturated rings.